The second-order valence-corrected chi connectivity index (χ2v) is 6.83. The van der Waals surface area contributed by atoms with E-state index in [0.717, 1.165) is 39.8 Å². The molecule has 1 aliphatic carbocycles. The Balaban J connectivity index is 1.89. The summed E-state index contributed by atoms with van der Waals surface area (Å²) in [5.41, 5.74) is 7.92. The lowest BCUT2D eigenvalue weighted by Crippen LogP contribution is -2.30. The molecule has 1 heterocycles. The van der Waals surface area contributed by atoms with E-state index in [9.17, 15) is 0 Å². The van der Waals surface area contributed by atoms with Crippen LogP contribution in [-0.2, 0) is 0 Å². The van der Waals surface area contributed by atoms with Gasteiger partial charge in [-0.15, -0.1) is 0 Å². The largest absolute Gasteiger partial charge is 0.495 e. The Labute approximate surface area is 139 Å². The van der Waals surface area contributed by atoms with Gasteiger partial charge in [0.1, 0.15) is 5.75 Å². The number of nitrogens with one attached hydrogen (secondary N) is 1. The van der Waals surface area contributed by atoms with Crippen LogP contribution in [0.25, 0.3) is 10.9 Å². The Kier molecular flexibility index (Phi) is 4.84. The van der Waals surface area contributed by atoms with Crippen molar-refractivity contribution in [1.29, 1.82) is 0 Å². The van der Waals surface area contributed by atoms with Gasteiger partial charge in [0, 0.05) is 29.4 Å². The molecule has 4 nitrogen and oxygen atoms in total. The number of hydrogen-bond acceptors (Lipinski definition) is 4. The van der Waals surface area contributed by atoms with Crippen LogP contribution in [0.5, 0.6) is 5.75 Å². The highest BCUT2D eigenvalue weighted by atomic mass is 79.9. The first-order chi connectivity index (χ1) is 10.7. The van der Waals surface area contributed by atoms with Crippen molar-refractivity contribution in [3.05, 3.63) is 28.9 Å². The molecule has 0 saturated heterocycles. The van der Waals surface area contributed by atoms with Gasteiger partial charge in [-0.2, -0.15) is 0 Å². The molecule has 1 saturated carbocycles. The number of fused-ring (bicyclic) bond motifs is 1. The molecule has 3 rings (SSSR count). The van der Waals surface area contributed by atoms with Crippen LogP contribution < -0.4 is 15.8 Å². The summed E-state index contributed by atoms with van der Waals surface area (Å²) in [6, 6.07) is 6.59. The van der Waals surface area contributed by atoms with Crippen molar-refractivity contribution in [2.24, 2.45) is 11.7 Å². The van der Waals surface area contributed by atoms with Crippen molar-refractivity contribution in [2.75, 3.05) is 19.0 Å². The van der Waals surface area contributed by atoms with Crippen molar-refractivity contribution < 1.29 is 4.74 Å². The minimum Gasteiger partial charge on any atom is -0.495 e. The van der Waals surface area contributed by atoms with E-state index in [2.05, 4.69) is 32.3 Å². The predicted molar refractivity (Wildman–Crippen MR) is 94.4 cm³/mol. The van der Waals surface area contributed by atoms with Crippen molar-refractivity contribution in [3.63, 3.8) is 0 Å². The lowest BCUT2D eigenvalue weighted by Gasteiger charge is -2.30. The summed E-state index contributed by atoms with van der Waals surface area (Å²) in [6.45, 7) is 0.790. The molecule has 0 radical (unpaired) electrons. The average Bonchev–Trinajstić information content (AvgIpc) is 2.55. The lowest BCUT2D eigenvalue weighted by atomic mass is 9.85. The fourth-order valence-corrected chi connectivity index (χ4v) is 3.79. The van der Waals surface area contributed by atoms with Crippen LogP contribution in [0, 0.1) is 5.92 Å². The van der Waals surface area contributed by atoms with Gasteiger partial charge in [0.25, 0.3) is 0 Å². The summed E-state index contributed by atoms with van der Waals surface area (Å²) in [7, 11) is 1.67. The van der Waals surface area contributed by atoms with Gasteiger partial charge in [-0.3, -0.25) is 4.98 Å². The van der Waals surface area contributed by atoms with Gasteiger partial charge < -0.3 is 15.8 Å². The summed E-state index contributed by atoms with van der Waals surface area (Å²) in [6.07, 6.45) is 6.71. The second kappa shape index (κ2) is 6.84. The summed E-state index contributed by atoms with van der Waals surface area (Å²) >= 11 is 3.56. The summed E-state index contributed by atoms with van der Waals surface area (Å²) in [5, 5.41) is 4.81. The first kappa shape index (κ1) is 15.6. The lowest BCUT2D eigenvalue weighted by molar-refractivity contribution is 0.342. The fraction of sp³-hybridized carbons (Fsp3) is 0.471. The SMILES string of the molecule is COc1cc2nccc(NC3CCCC(CN)C3)c2cc1Br. The highest BCUT2D eigenvalue weighted by Crippen LogP contribution is 2.34. The molecule has 1 aromatic carbocycles. The topological polar surface area (TPSA) is 60.2 Å². The molecule has 0 spiro atoms. The average molecular weight is 364 g/mol. The molecule has 3 N–H and O–H groups in total. The minimum absolute atomic E-state index is 0.494. The zero-order valence-electron chi connectivity index (χ0n) is 12.8. The zero-order chi connectivity index (χ0) is 15.5. The third kappa shape index (κ3) is 3.20. The number of nitrogens with zero attached hydrogens (tertiary/aromatic N) is 1. The molecule has 1 aromatic heterocycles. The molecular formula is C17H22BrN3O. The molecule has 5 heteroatoms. The molecule has 1 fully saturated rings. The van der Waals surface area contributed by atoms with Crippen molar-refractivity contribution >= 4 is 32.5 Å². The van der Waals surface area contributed by atoms with Crippen LogP contribution in [0.3, 0.4) is 0 Å². The normalized spacial score (nSPS) is 21.8. The molecule has 1 aliphatic rings. The Hall–Kier alpha value is -1.33. The third-order valence-corrected chi connectivity index (χ3v) is 5.11. The first-order valence-electron chi connectivity index (χ1n) is 7.80. The third-order valence-electron chi connectivity index (χ3n) is 4.49. The highest BCUT2D eigenvalue weighted by Gasteiger charge is 2.21. The first-order valence-corrected chi connectivity index (χ1v) is 8.59. The maximum Gasteiger partial charge on any atom is 0.135 e. The molecule has 0 aliphatic heterocycles. The molecule has 2 aromatic rings. The molecule has 2 atom stereocenters. The van der Waals surface area contributed by atoms with E-state index < -0.39 is 0 Å². The Bertz CT molecular complexity index is 662. The Morgan fingerprint density at radius 3 is 3.05 bits per heavy atom. The summed E-state index contributed by atoms with van der Waals surface area (Å²) < 4.78 is 6.30. The number of pyridine rings is 1. The van der Waals surface area contributed by atoms with Gasteiger partial charge in [0.2, 0.25) is 0 Å². The highest BCUT2D eigenvalue weighted by molar-refractivity contribution is 9.10. The number of hydrogen-bond donors (Lipinski definition) is 2. The molecule has 2 unspecified atom stereocenters. The molecular weight excluding hydrogens is 342 g/mol. The van der Waals surface area contributed by atoms with Gasteiger partial charge in [0.15, 0.2) is 0 Å². The van der Waals surface area contributed by atoms with Crippen LogP contribution in [0.4, 0.5) is 5.69 Å². The van der Waals surface area contributed by atoms with E-state index in [1.165, 1.54) is 19.3 Å². The van der Waals surface area contributed by atoms with E-state index in [1.54, 1.807) is 7.11 Å². The monoisotopic (exact) mass is 363 g/mol. The van der Waals surface area contributed by atoms with E-state index in [0.29, 0.717) is 12.0 Å². The number of rotatable bonds is 4. The second-order valence-electron chi connectivity index (χ2n) is 5.97. The van der Waals surface area contributed by atoms with E-state index in [1.807, 2.05) is 18.3 Å². The number of aromatic nitrogens is 1. The minimum atomic E-state index is 0.494. The van der Waals surface area contributed by atoms with E-state index in [-0.39, 0.29) is 0 Å². The summed E-state index contributed by atoms with van der Waals surface area (Å²) in [5.74, 6) is 1.45. The van der Waals surface area contributed by atoms with Crippen molar-refractivity contribution in [2.45, 2.75) is 31.7 Å². The number of nitrogens with two attached hydrogens (primary N) is 1. The van der Waals surface area contributed by atoms with Gasteiger partial charge in [-0.05, 0) is 59.8 Å². The predicted octanol–water partition coefficient (Wildman–Crippen LogP) is 3.94. The van der Waals surface area contributed by atoms with Gasteiger partial charge in [-0.1, -0.05) is 6.42 Å². The number of benzene rings is 1. The van der Waals surface area contributed by atoms with Crippen LogP contribution >= 0.6 is 15.9 Å². The Morgan fingerprint density at radius 2 is 2.27 bits per heavy atom. The van der Waals surface area contributed by atoms with Crippen LogP contribution in [0.15, 0.2) is 28.9 Å². The summed E-state index contributed by atoms with van der Waals surface area (Å²) in [4.78, 5) is 4.45. The van der Waals surface area contributed by atoms with Crippen LogP contribution in [0.1, 0.15) is 25.7 Å². The number of ether oxygens (including phenoxy) is 1. The molecule has 22 heavy (non-hydrogen) atoms. The zero-order valence-corrected chi connectivity index (χ0v) is 14.4. The molecule has 0 bridgehead atoms. The Morgan fingerprint density at radius 1 is 1.41 bits per heavy atom. The smallest absolute Gasteiger partial charge is 0.135 e. The van der Waals surface area contributed by atoms with Gasteiger partial charge in [-0.25, -0.2) is 0 Å². The van der Waals surface area contributed by atoms with Gasteiger partial charge in [0.05, 0.1) is 17.1 Å². The maximum absolute atomic E-state index is 5.84. The van der Waals surface area contributed by atoms with Gasteiger partial charge >= 0.3 is 0 Å². The van der Waals surface area contributed by atoms with Crippen LogP contribution in [0.2, 0.25) is 0 Å². The number of anilines is 1. The maximum atomic E-state index is 5.84. The number of halogens is 1. The number of methoxy groups -OCH3 is 1. The quantitative estimate of drug-likeness (QED) is 0.863. The van der Waals surface area contributed by atoms with Crippen molar-refractivity contribution in [3.8, 4) is 5.75 Å². The van der Waals surface area contributed by atoms with Crippen LogP contribution in [-0.4, -0.2) is 24.7 Å². The fourth-order valence-electron chi connectivity index (χ4n) is 3.29. The molecule has 0 amide bonds. The van der Waals surface area contributed by atoms with E-state index in [4.69, 9.17) is 10.5 Å². The van der Waals surface area contributed by atoms with E-state index >= 15 is 0 Å². The standard InChI is InChI=1S/C17H22BrN3O/c1-22-17-9-16-13(8-14(17)18)15(5-6-20-16)21-12-4-2-3-11(7-12)10-19/h5-6,8-9,11-12H,2-4,7,10,19H2,1H3,(H,20,21). The van der Waals surface area contributed by atoms with Crippen molar-refractivity contribution in [1.82, 2.24) is 4.98 Å². The molecule has 118 valence electrons.